The number of ether oxygens (including phenoxy) is 1. The predicted octanol–water partition coefficient (Wildman–Crippen LogP) is 7.88. The largest absolute Gasteiger partial charge is 0.455 e. The number of hydrogen-bond acceptors (Lipinski definition) is 3. The van der Waals surface area contributed by atoms with Gasteiger partial charge in [-0.1, -0.05) is 106 Å². The summed E-state index contributed by atoms with van der Waals surface area (Å²) in [4.78, 5) is 26.7. The number of ketones is 1. The van der Waals surface area contributed by atoms with E-state index in [0.29, 0.717) is 16.7 Å². The highest BCUT2D eigenvalue weighted by molar-refractivity contribution is 6.14. The Labute approximate surface area is 197 Å². The predicted molar refractivity (Wildman–Crippen MR) is 135 cm³/mol. The number of unbranched alkanes of at least 4 members (excludes halogenated alkanes) is 2. The highest BCUT2D eigenvalue weighted by Crippen LogP contribution is 2.33. The quantitative estimate of drug-likeness (QED) is 0.172. The van der Waals surface area contributed by atoms with Crippen LogP contribution in [0.2, 0.25) is 0 Å². The molecule has 0 heterocycles. The lowest BCUT2D eigenvalue weighted by molar-refractivity contribution is -0.0284. The summed E-state index contributed by atoms with van der Waals surface area (Å²) in [6.45, 7) is 6.35. The third kappa shape index (κ3) is 5.78. The summed E-state index contributed by atoms with van der Waals surface area (Å²) in [6, 6.07) is 24.1. The minimum absolute atomic E-state index is 0.0644. The van der Waals surface area contributed by atoms with Crippen molar-refractivity contribution >= 4 is 11.8 Å². The number of rotatable bonds is 11. The van der Waals surface area contributed by atoms with Crippen molar-refractivity contribution in [2.24, 2.45) is 0 Å². The summed E-state index contributed by atoms with van der Waals surface area (Å²) in [5.74, 6) is -0.391. The maximum absolute atomic E-state index is 13.4. The van der Waals surface area contributed by atoms with Gasteiger partial charge in [0.1, 0.15) is 5.60 Å². The Bertz CT molecular complexity index is 1060. The standard InChI is InChI=1S/C30H34O3/c1-4-7-15-22-30(5-2,6-3)33-29(32)27-21-14-12-19-25(27)24-18-11-13-20-26(24)28(31)23-16-9-8-10-17-23/h8-14,16-21H,4-7,15,22H2,1-3H3. The average molecular weight is 443 g/mol. The van der Waals surface area contributed by atoms with Crippen molar-refractivity contribution in [3.63, 3.8) is 0 Å². The van der Waals surface area contributed by atoms with Gasteiger partial charge in [-0.15, -0.1) is 0 Å². The number of benzene rings is 3. The molecule has 0 aliphatic heterocycles. The van der Waals surface area contributed by atoms with Crippen molar-refractivity contribution in [2.75, 3.05) is 0 Å². The lowest BCUT2D eigenvalue weighted by Crippen LogP contribution is -2.34. The molecular formula is C30H34O3. The number of carbonyl (C=O) groups excluding carboxylic acids is 2. The first-order valence-corrected chi connectivity index (χ1v) is 12.1. The molecular weight excluding hydrogens is 408 g/mol. The first kappa shape index (κ1) is 24.4. The summed E-state index contributed by atoms with van der Waals surface area (Å²) < 4.78 is 6.19. The molecule has 0 amide bonds. The van der Waals surface area contributed by atoms with Gasteiger partial charge in [0, 0.05) is 11.1 Å². The van der Waals surface area contributed by atoms with Crippen LogP contribution in [0, 0.1) is 0 Å². The smallest absolute Gasteiger partial charge is 0.339 e. The zero-order valence-corrected chi connectivity index (χ0v) is 20.0. The van der Waals surface area contributed by atoms with Crippen LogP contribution in [0.1, 0.15) is 85.6 Å². The minimum atomic E-state index is -0.460. The highest BCUT2D eigenvalue weighted by Gasteiger charge is 2.31. The molecule has 0 aliphatic rings. The third-order valence-electron chi connectivity index (χ3n) is 6.48. The van der Waals surface area contributed by atoms with E-state index in [-0.39, 0.29) is 11.8 Å². The fourth-order valence-corrected chi connectivity index (χ4v) is 4.30. The third-order valence-corrected chi connectivity index (χ3v) is 6.48. The monoisotopic (exact) mass is 442 g/mol. The lowest BCUT2D eigenvalue weighted by atomic mass is 9.89. The van der Waals surface area contributed by atoms with E-state index in [1.807, 2.05) is 72.8 Å². The van der Waals surface area contributed by atoms with Crippen LogP contribution >= 0.6 is 0 Å². The molecule has 3 aromatic rings. The Hall–Kier alpha value is -3.20. The number of esters is 1. The van der Waals surface area contributed by atoms with Crippen LogP contribution in [0.3, 0.4) is 0 Å². The fraction of sp³-hybridized carbons (Fsp3) is 0.333. The van der Waals surface area contributed by atoms with Crippen LogP contribution in [0.5, 0.6) is 0 Å². The van der Waals surface area contributed by atoms with Gasteiger partial charge in [0.2, 0.25) is 0 Å². The van der Waals surface area contributed by atoms with Gasteiger partial charge in [-0.3, -0.25) is 4.79 Å². The number of hydrogen-bond donors (Lipinski definition) is 0. The van der Waals surface area contributed by atoms with Gasteiger partial charge >= 0.3 is 5.97 Å². The SMILES string of the molecule is CCCCCC(CC)(CC)OC(=O)c1ccccc1-c1ccccc1C(=O)c1ccccc1. The van der Waals surface area contributed by atoms with Gasteiger partial charge < -0.3 is 4.74 Å². The van der Waals surface area contributed by atoms with Crippen LogP contribution in [0.15, 0.2) is 78.9 Å². The maximum atomic E-state index is 13.4. The molecule has 0 N–H and O–H groups in total. The Balaban J connectivity index is 1.98. The van der Waals surface area contributed by atoms with E-state index in [9.17, 15) is 9.59 Å². The van der Waals surface area contributed by atoms with Gasteiger partial charge in [-0.25, -0.2) is 4.79 Å². The molecule has 0 saturated carbocycles. The lowest BCUT2D eigenvalue weighted by Gasteiger charge is -2.32. The topological polar surface area (TPSA) is 43.4 Å². The summed E-state index contributed by atoms with van der Waals surface area (Å²) >= 11 is 0. The van der Waals surface area contributed by atoms with Crippen LogP contribution in [-0.2, 0) is 4.74 Å². The fourth-order valence-electron chi connectivity index (χ4n) is 4.30. The Morgan fingerprint density at radius 3 is 1.85 bits per heavy atom. The molecule has 0 fully saturated rings. The first-order chi connectivity index (χ1) is 16.0. The highest BCUT2D eigenvalue weighted by atomic mass is 16.6. The Morgan fingerprint density at radius 2 is 1.24 bits per heavy atom. The first-order valence-electron chi connectivity index (χ1n) is 12.1. The normalized spacial score (nSPS) is 11.2. The summed E-state index contributed by atoms with van der Waals surface area (Å²) in [5.41, 5.74) is 2.69. The van der Waals surface area contributed by atoms with Crippen molar-refractivity contribution in [1.29, 1.82) is 0 Å². The van der Waals surface area contributed by atoms with Gasteiger partial charge in [0.25, 0.3) is 0 Å². The second-order valence-electron chi connectivity index (χ2n) is 8.52. The zero-order valence-electron chi connectivity index (χ0n) is 20.0. The van der Waals surface area contributed by atoms with Crippen molar-refractivity contribution in [2.45, 2.75) is 64.9 Å². The van der Waals surface area contributed by atoms with Gasteiger partial charge in [-0.05, 0) is 42.9 Å². The van der Waals surface area contributed by atoms with Crippen molar-refractivity contribution in [3.8, 4) is 11.1 Å². The zero-order chi connectivity index (χ0) is 23.7. The maximum Gasteiger partial charge on any atom is 0.339 e. The molecule has 0 atom stereocenters. The Kier molecular flexibility index (Phi) is 8.59. The molecule has 0 bridgehead atoms. The van der Waals surface area contributed by atoms with Gasteiger partial charge in [0.05, 0.1) is 5.56 Å². The molecule has 3 nitrogen and oxygen atoms in total. The van der Waals surface area contributed by atoms with E-state index in [0.717, 1.165) is 49.7 Å². The van der Waals surface area contributed by atoms with Crippen molar-refractivity contribution in [3.05, 3.63) is 95.6 Å². The molecule has 172 valence electrons. The van der Waals surface area contributed by atoms with Gasteiger partial charge in [-0.2, -0.15) is 0 Å². The van der Waals surface area contributed by atoms with E-state index < -0.39 is 5.60 Å². The second kappa shape index (κ2) is 11.6. The average Bonchev–Trinajstić information content (AvgIpc) is 2.88. The molecule has 0 radical (unpaired) electrons. The molecule has 3 heteroatoms. The molecule has 3 rings (SSSR count). The van der Waals surface area contributed by atoms with E-state index in [1.54, 1.807) is 6.07 Å². The molecule has 0 saturated heterocycles. The van der Waals surface area contributed by atoms with Crippen LogP contribution in [0.25, 0.3) is 11.1 Å². The molecule has 0 spiro atoms. The van der Waals surface area contributed by atoms with E-state index in [1.165, 1.54) is 0 Å². The Morgan fingerprint density at radius 1 is 0.697 bits per heavy atom. The van der Waals surface area contributed by atoms with Crippen LogP contribution < -0.4 is 0 Å². The summed E-state index contributed by atoms with van der Waals surface area (Å²) in [5, 5.41) is 0. The second-order valence-corrected chi connectivity index (χ2v) is 8.52. The molecule has 0 aliphatic carbocycles. The van der Waals surface area contributed by atoms with E-state index in [2.05, 4.69) is 20.8 Å². The van der Waals surface area contributed by atoms with Crippen LogP contribution in [0.4, 0.5) is 0 Å². The van der Waals surface area contributed by atoms with Crippen molar-refractivity contribution in [1.82, 2.24) is 0 Å². The molecule has 0 aromatic heterocycles. The molecule has 33 heavy (non-hydrogen) atoms. The van der Waals surface area contributed by atoms with Crippen molar-refractivity contribution < 1.29 is 14.3 Å². The summed E-state index contributed by atoms with van der Waals surface area (Å²) in [6.07, 6.45) is 5.73. The van der Waals surface area contributed by atoms with Gasteiger partial charge in [0.15, 0.2) is 5.78 Å². The molecule has 3 aromatic carbocycles. The molecule has 0 unspecified atom stereocenters. The summed E-state index contributed by atoms with van der Waals surface area (Å²) in [7, 11) is 0. The van der Waals surface area contributed by atoms with Crippen LogP contribution in [-0.4, -0.2) is 17.4 Å². The van der Waals surface area contributed by atoms with E-state index >= 15 is 0 Å². The number of carbonyl (C=O) groups is 2. The minimum Gasteiger partial charge on any atom is -0.455 e. The van der Waals surface area contributed by atoms with E-state index in [4.69, 9.17) is 4.74 Å².